The predicted molar refractivity (Wildman–Crippen MR) is 87.6 cm³/mol. The van der Waals surface area contributed by atoms with Crippen LogP contribution in [-0.2, 0) is 6.54 Å². The van der Waals surface area contributed by atoms with Gasteiger partial charge in [0.05, 0.1) is 18.3 Å². The van der Waals surface area contributed by atoms with E-state index in [0.29, 0.717) is 17.1 Å². The van der Waals surface area contributed by atoms with Gasteiger partial charge in [0.2, 0.25) is 11.9 Å². The molecular weight excluding hydrogens is 327 g/mol. The lowest BCUT2D eigenvalue weighted by Gasteiger charge is -2.26. The Morgan fingerprint density at radius 1 is 1.32 bits per heavy atom. The molecule has 3 rings (SSSR count). The number of aliphatic hydroxyl groups is 1. The Morgan fingerprint density at radius 2 is 2.08 bits per heavy atom. The highest BCUT2D eigenvalue weighted by Crippen LogP contribution is 2.31. The number of para-hydroxylation sites is 1. The molecule has 7 nitrogen and oxygen atoms in total. The lowest BCUT2D eigenvalue weighted by molar-refractivity contribution is -0.0495. The van der Waals surface area contributed by atoms with E-state index in [2.05, 4.69) is 15.2 Å². The first kappa shape index (κ1) is 17.1. The molecule has 1 aromatic carbocycles. The van der Waals surface area contributed by atoms with Gasteiger partial charge in [0, 0.05) is 6.20 Å². The molecule has 2 heterocycles. The van der Waals surface area contributed by atoms with Crippen molar-refractivity contribution >= 4 is 0 Å². The average Bonchev–Trinajstić information content (AvgIpc) is 3.22. The van der Waals surface area contributed by atoms with Crippen molar-refractivity contribution in [1.29, 1.82) is 0 Å². The van der Waals surface area contributed by atoms with Crippen LogP contribution in [0.1, 0.15) is 25.8 Å². The highest BCUT2D eigenvalue weighted by atomic mass is 19.1. The summed E-state index contributed by atoms with van der Waals surface area (Å²) in [7, 11) is 0. The van der Waals surface area contributed by atoms with Gasteiger partial charge < -0.3 is 14.4 Å². The quantitative estimate of drug-likeness (QED) is 0.708. The summed E-state index contributed by atoms with van der Waals surface area (Å²) in [6, 6.07) is 9.07. The maximum atomic E-state index is 12.4. The molecule has 0 fully saturated rings. The van der Waals surface area contributed by atoms with Crippen molar-refractivity contribution in [3.8, 4) is 17.1 Å². The van der Waals surface area contributed by atoms with Crippen molar-refractivity contribution in [1.82, 2.24) is 19.9 Å². The second-order valence-corrected chi connectivity index (χ2v) is 6.10. The Kier molecular flexibility index (Phi) is 4.80. The van der Waals surface area contributed by atoms with E-state index < -0.39 is 18.4 Å². The van der Waals surface area contributed by atoms with Gasteiger partial charge in [0.25, 0.3) is 5.89 Å². The second-order valence-electron chi connectivity index (χ2n) is 6.10. The molecule has 0 aliphatic carbocycles. The number of hydrogen-bond acceptors (Lipinski definition) is 6. The molecule has 132 valence electrons. The van der Waals surface area contributed by atoms with E-state index in [0.717, 1.165) is 0 Å². The summed E-state index contributed by atoms with van der Waals surface area (Å²) in [5, 5.41) is 18.4. The predicted octanol–water partition coefficient (Wildman–Crippen LogP) is 2.79. The van der Waals surface area contributed by atoms with Crippen LogP contribution in [0.2, 0.25) is 0 Å². The fourth-order valence-electron chi connectivity index (χ4n) is 2.28. The minimum absolute atomic E-state index is 0.143. The number of hydrogen-bond donors (Lipinski definition) is 1. The van der Waals surface area contributed by atoms with Crippen LogP contribution < -0.4 is 4.74 Å². The maximum absolute atomic E-state index is 12.4. The van der Waals surface area contributed by atoms with Crippen LogP contribution in [0.4, 0.5) is 4.39 Å². The molecule has 0 amide bonds. The van der Waals surface area contributed by atoms with E-state index in [9.17, 15) is 9.50 Å². The maximum Gasteiger partial charge on any atom is 0.271 e. The van der Waals surface area contributed by atoms with Crippen molar-refractivity contribution in [2.75, 3.05) is 6.67 Å². The number of rotatable bonds is 7. The molecule has 1 atom stereocenters. The van der Waals surface area contributed by atoms with Gasteiger partial charge >= 0.3 is 0 Å². The zero-order chi connectivity index (χ0) is 17.9. The SMILES string of the molecule is CC(C)(O)C(Oc1ccccc1)c1nc(-c2cnn(CCF)c2)no1. The van der Waals surface area contributed by atoms with Gasteiger partial charge in [0.1, 0.15) is 18.0 Å². The van der Waals surface area contributed by atoms with Crippen LogP contribution in [0.25, 0.3) is 11.4 Å². The highest BCUT2D eigenvalue weighted by molar-refractivity contribution is 5.51. The van der Waals surface area contributed by atoms with Crippen LogP contribution >= 0.6 is 0 Å². The molecule has 1 N–H and O–H groups in total. The van der Waals surface area contributed by atoms with Crippen LogP contribution in [-0.4, -0.2) is 37.3 Å². The normalized spacial score (nSPS) is 13.0. The van der Waals surface area contributed by atoms with Gasteiger partial charge in [0.15, 0.2) is 0 Å². The highest BCUT2D eigenvalue weighted by Gasteiger charge is 2.35. The molecule has 2 aromatic heterocycles. The number of benzene rings is 1. The van der Waals surface area contributed by atoms with Crippen LogP contribution in [0.15, 0.2) is 47.2 Å². The molecule has 25 heavy (non-hydrogen) atoms. The summed E-state index contributed by atoms with van der Waals surface area (Å²) < 4.78 is 25.0. The molecule has 0 radical (unpaired) electrons. The summed E-state index contributed by atoms with van der Waals surface area (Å²) in [5.74, 6) is 1.01. The molecule has 1 unspecified atom stereocenters. The Balaban J connectivity index is 1.85. The van der Waals surface area contributed by atoms with Crippen molar-refractivity contribution in [3.05, 3.63) is 48.6 Å². The summed E-state index contributed by atoms with van der Waals surface area (Å²) in [6.45, 7) is 2.85. The van der Waals surface area contributed by atoms with Crippen LogP contribution in [0.3, 0.4) is 0 Å². The zero-order valence-electron chi connectivity index (χ0n) is 14.0. The Bertz CT molecular complexity index is 811. The van der Waals surface area contributed by atoms with Gasteiger partial charge in [-0.25, -0.2) is 4.39 Å². The summed E-state index contributed by atoms with van der Waals surface area (Å²) >= 11 is 0. The van der Waals surface area contributed by atoms with Gasteiger partial charge in [-0.15, -0.1) is 0 Å². The number of aryl methyl sites for hydroxylation is 1. The molecular formula is C17H19FN4O3. The number of alkyl halides is 1. The lowest BCUT2D eigenvalue weighted by Crippen LogP contribution is -2.33. The first-order valence-electron chi connectivity index (χ1n) is 7.84. The third-order valence-corrected chi connectivity index (χ3v) is 3.51. The third kappa shape index (κ3) is 4.03. The second kappa shape index (κ2) is 7.02. The minimum atomic E-state index is -1.25. The van der Waals surface area contributed by atoms with E-state index in [1.54, 1.807) is 32.2 Å². The van der Waals surface area contributed by atoms with E-state index in [1.165, 1.54) is 10.9 Å². The van der Waals surface area contributed by atoms with Crippen LogP contribution in [0.5, 0.6) is 5.75 Å². The first-order valence-corrected chi connectivity index (χ1v) is 7.84. The number of ether oxygens (including phenoxy) is 1. The van der Waals surface area contributed by atoms with Crippen LogP contribution in [0, 0.1) is 0 Å². The molecule has 8 heteroatoms. The largest absolute Gasteiger partial charge is 0.478 e. The van der Waals surface area contributed by atoms with Gasteiger partial charge in [-0.05, 0) is 26.0 Å². The van der Waals surface area contributed by atoms with Crippen molar-refractivity contribution in [3.63, 3.8) is 0 Å². The number of aromatic nitrogens is 4. The van der Waals surface area contributed by atoms with Crippen molar-refractivity contribution in [2.24, 2.45) is 0 Å². The molecule has 3 aromatic rings. The summed E-state index contributed by atoms with van der Waals surface area (Å²) in [6.07, 6.45) is 2.31. The van der Waals surface area contributed by atoms with Crippen molar-refractivity contribution in [2.45, 2.75) is 32.1 Å². The van der Waals surface area contributed by atoms with E-state index in [4.69, 9.17) is 9.26 Å². The topological polar surface area (TPSA) is 86.2 Å². The monoisotopic (exact) mass is 346 g/mol. The molecule has 0 bridgehead atoms. The summed E-state index contributed by atoms with van der Waals surface area (Å²) in [4.78, 5) is 4.31. The zero-order valence-corrected chi connectivity index (χ0v) is 14.0. The Morgan fingerprint density at radius 3 is 2.76 bits per heavy atom. The molecule has 0 saturated carbocycles. The standard InChI is InChI=1S/C17H19FN4O3/c1-17(2,23)14(24-13-6-4-3-5-7-13)16-20-15(21-25-16)12-10-19-22(11-12)9-8-18/h3-7,10-11,14,23H,8-9H2,1-2H3. The van der Waals surface area contributed by atoms with E-state index in [1.807, 2.05) is 18.2 Å². The fourth-order valence-corrected chi connectivity index (χ4v) is 2.28. The van der Waals surface area contributed by atoms with E-state index in [-0.39, 0.29) is 12.4 Å². The smallest absolute Gasteiger partial charge is 0.271 e. The molecule has 0 aliphatic heterocycles. The number of halogens is 1. The van der Waals surface area contributed by atoms with Gasteiger partial charge in [-0.3, -0.25) is 4.68 Å². The molecule has 0 spiro atoms. The summed E-state index contributed by atoms with van der Waals surface area (Å²) in [5.41, 5.74) is -0.657. The van der Waals surface area contributed by atoms with Gasteiger partial charge in [-0.2, -0.15) is 10.1 Å². The Labute approximate surface area is 144 Å². The Hall–Kier alpha value is -2.74. The van der Waals surface area contributed by atoms with E-state index >= 15 is 0 Å². The van der Waals surface area contributed by atoms with Crippen molar-refractivity contribution < 1.29 is 18.8 Å². The average molecular weight is 346 g/mol. The fraction of sp³-hybridized carbons (Fsp3) is 0.353. The lowest BCUT2D eigenvalue weighted by atomic mass is 10.0. The minimum Gasteiger partial charge on any atom is -0.478 e. The number of nitrogens with zero attached hydrogens (tertiary/aromatic N) is 4. The van der Waals surface area contributed by atoms with Gasteiger partial charge in [-0.1, -0.05) is 23.4 Å². The first-order chi connectivity index (χ1) is 12.0. The molecule has 0 saturated heterocycles. The third-order valence-electron chi connectivity index (χ3n) is 3.51. The molecule has 0 aliphatic rings.